The average Bonchev–Trinajstić information content (AvgIpc) is 3.14. The van der Waals surface area contributed by atoms with Gasteiger partial charge >= 0.3 is 17.9 Å². The van der Waals surface area contributed by atoms with E-state index in [0.717, 1.165) is 32.4 Å². The summed E-state index contributed by atoms with van der Waals surface area (Å²) in [6.45, 7) is 7.83. The Morgan fingerprint density at radius 1 is 0.807 bits per heavy atom. The molecule has 1 aromatic heterocycles. The summed E-state index contributed by atoms with van der Waals surface area (Å²) in [5.41, 5.74) is 0.317. The maximum atomic E-state index is 14.4. The zero-order valence-corrected chi connectivity index (χ0v) is 32.2. The van der Waals surface area contributed by atoms with Gasteiger partial charge in [0.2, 0.25) is 17.5 Å². The highest BCUT2D eigenvalue weighted by atomic mass is 16.7. The zero-order chi connectivity index (χ0) is 41.9. The number of hydrogen-bond donors (Lipinski definition) is 5. The Balaban J connectivity index is 1.59. The standard InChI is InChI=1S/C39H46O18/c1-16(2)8-13-23-24(43)14-25(44)27-28(45)36(33(55-34(23)27)21-9-11-22(49-7)12-10-21)56-39-31(48)37(32(17(3)51-39)52-19(5)41)57-38-30(47)29(46)35(53-20(6)42)26(54-38)15-50-18(4)40/h8-12,14,17,26,29-32,35,37-39,43-44,46-48H,13,15H2,1-7H3/t17-,26-,29-,30-,31-,32-,35+,37+,38-,39-/m0/s1. The van der Waals surface area contributed by atoms with E-state index < -0.39 is 103 Å². The van der Waals surface area contributed by atoms with Crippen molar-refractivity contribution < 1.29 is 82.2 Å². The molecule has 2 aliphatic heterocycles. The first-order chi connectivity index (χ1) is 26.9. The van der Waals surface area contributed by atoms with E-state index in [0.29, 0.717) is 5.75 Å². The van der Waals surface area contributed by atoms with E-state index in [9.17, 15) is 44.7 Å². The van der Waals surface area contributed by atoms with Gasteiger partial charge in [0, 0.05) is 38.0 Å². The van der Waals surface area contributed by atoms with Crippen molar-refractivity contribution in [2.24, 2.45) is 0 Å². The number of benzene rings is 2. The van der Waals surface area contributed by atoms with Gasteiger partial charge in [-0.15, -0.1) is 0 Å². The molecule has 2 aliphatic rings. The fourth-order valence-electron chi connectivity index (χ4n) is 6.47. The molecule has 3 heterocycles. The number of methoxy groups -OCH3 is 1. The fraction of sp³-hybridized carbons (Fsp3) is 0.487. The number of ether oxygens (including phenoxy) is 8. The van der Waals surface area contributed by atoms with Gasteiger partial charge in [-0.1, -0.05) is 11.6 Å². The lowest BCUT2D eigenvalue weighted by molar-refractivity contribution is -0.351. The van der Waals surface area contributed by atoms with Crippen LogP contribution in [0.1, 0.15) is 47.1 Å². The van der Waals surface area contributed by atoms with E-state index >= 15 is 0 Å². The molecule has 18 nitrogen and oxygen atoms in total. The summed E-state index contributed by atoms with van der Waals surface area (Å²) in [5, 5.41) is 55.4. The summed E-state index contributed by atoms with van der Waals surface area (Å²) in [5.74, 6) is -3.63. The molecule has 0 radical (unpaired) electrons. The van der Waals surface area contributed by atoms with Crippen molar-refractivity contribution in [3.63, 3.8) is 0 Å². The first-order valence-electron chi connectivity index (χ1n) is 17.9. The molecule has 310 valence electrons. The second kappa shape index (κ2) is 17.9. The number of fused-ring (bicyclic) bond motifs is 1. The third-order valence-electron chi connectivity index (χ3n) is 9.22. The van der Waals surface area contributed by atoms with E-state index in [1.54, 1.807) is 30.3 Å². The van der Waals surface area contributed by atoms with Crippen LogP contribution in [0.15, 0.2) is 51.2 Å². The van der Waals surface area contributed by atoms with Gasteiger partial charge in [-0.2, -0.15) is 0 Å². The summed E-state index contributed by atoms with van der Waals surface area (Å²) in [4.78, 5) is 50.1. The number of rotatable bonds is 12. The number of aliphatic hydroxyl groups is 3. The molecule has 5 rings (SSSR count). The third-order valence-corrected chi connectivity index (χ3v) is 9.22. The van der Waals surface area contributed by atoms with Gasteiger partial charge in [0.15, 0.2) is 24.3 Å². The lowest BCUT2D eigenvalue weighted by Crippen LogP contribution is -2.65. The molecular formula is C39H46O18. The van der Waals surface area contributed by atoms with Crippen LogP contribution in [0.3, 0.4) is 0 Å². The van der Waals surface area contributed by atoms with Crippen LogP contribution in [0.2, 0.25) is 0 Å². The first-order valence-corrected chi connectivity index (χ1v) is 17.9. The number of esters is 3. The van der Waals surface area contributed by atoms with Crippen LogP contribution >= 0.6 is 0 Å². The van der Waals surface area contributed by atoms with Crippen LogP contribution in [0, 0.1) is 0 Å². The van der Waals surface area contributed by atoms with Gasteiger partial charge in [-0.25, -0.2) is 0 Å². The van der Waals surface area contributed by atoms with Crippen LogP contribution in [0.4, 0.5) is 0 Å². The Hall–Kier alpha value is -5.24. The number of phenolic OH excluding ortho intramolecular Hbond substituents is 2. The predicted octanol–water partition coefficient (Wildman–Crippen LogP) is 2.13. The van der Waals surface area contributed by atoms with Crippen LogP contribution in [-0.2, 0) is 49.2 Å². The van der Waals surface area contributed by atoms with Crippen molar-refractivity contribution in [1.29, 1.82) is 0 Å². The molecule has 2 fully saturated rings. The van der Waals surface area contributed by atoms with E-state index in [2.05, 4.69) is 0 Å². The molecule has 18 heteroatoms. The lowest BCUT2D eigenvalue weighted by Gasteiger charge is -2.46. The normalized spacial score (nSPS) is 27.3. The van der Waals surface area contributed by atoms with Gasteiger partial charge in [0.1, 0.15) is 65.3 Å². The Labute approximate surface area is 326 Å². The monoisotopic (exact) mass is 802 g/mol. The number of phenols is 2. The zero-order valence-electron chi connectivity index (χ0n) is 32.2. The van der Waals surface area contributed by atoms with Crippen LogP contribution in [-0.4, -0.2) is 119 Å². The summed E-state index contributed by atoms with van der Waals surface area (Å²) < 4.78 is 51.1. The largest absolute Gasteiger partial charge is 0.507 e. The highest BCUT2D eigenvalue weighted by molar-refractivity contribution is 5.91. The third kappa shape index (κ3) is 9.49. The molecule has 0 unspecified atom stereocenters. The number of carbonyl (C=O) groups is 3. The Morgan fingerprint density at radius 2 is 1.46 bits per heavy atom. The topological polar surface area (TPSA) is 256 Å². The van der Waals surface area contributed by atoms with E-state index in [1.165, 1.54) is 14.0 Å². The number of carbonyl (C=O) groups excluding carboxylic acids is 3. The maximum Gasteiger partial charge on any atom is 0.303 e. The molecular weight excluding hydrogens is 756 g/mol. The second-order valence-corrected chi connectivity index (χ2v) is 13.8. The Kier molecular flexibility index (Phi) is 13.5. The van der Waals surface area contributed by atoms with Gasteiger partial charge in [0.25, 0.3) is 0 Å². The highest BCUT2D eigenvalue weighted by Crippen LogP contribution is 2.41. The molecule has 10 atom stereocenters. The molecule has 0 bridgehead atoms. The van der Waals surface area contributed by atoms with Gasteiger partial charge in [-0.3, -0.25) is 19.2 Å². The van der Waals surface area contributed by atoms with Gasteiger partial charge < -0.3 is 67.8 Å². The quantitative estimate of drug-likeness (QED) is 0.0998. The minimum absolute atomic E-state index is 0.127. The van der Waals surface area contributed by atoms with Gasteiger partial charge in [0.05, 0.1) is 13.2 Å². The Bertz CT molecular complexity index is 2040. The van der Waals surface area contributed by atoms with Crippen LogP contribution in [0.25, 0.3) is 22.3 Å². The van der Waals surface area contributed by atoms with Crippen molar-refractivity contribution >= 4 is 28.9 Å². The van der Waals surface area contributed by atoms with Crippen molar-refractivity contribution in [1.82, 2.24) is 0 Å². The molecule has 0 saturated carbocycles. The molecule has 5 N–H and O–H groups in total. The first kappa shape index (κ1) is 42.9. The minimum Gasteiger partial charge on any atom is -0.507 e. The van der Waals surface area contributed by atoms with Crippen LogP contribution < -0.4 is 14.9 Å². The molecule has 2 aromatic carbocycles. The maximum absolute atomic E-state index is 14.4. The summed E-state index contributed by atoms with van der Waals surface area (Å²) in [6, 6.07) is 7.27. The number of allylic oxidation sites excluding steroid dienone is 2. The number of aromatic hydroxyl groups is 2. The van der Waals surface area contributed by atoms with Crippen molar-refractivity contribution in [3.05, 3.63) is 57.8 Å². The molecule has 3 aromatic rings. The lowest BCUT2D eigenvalue weighted by atomic mass is 9.96. The predicted molar refractivity (Wildman–Crippen MR) is 195 cm³/mol. The molecule has 57 heavy (non-hydrogen) atoms. The average molecular weight is 803 g/mol. The van der Waals surface area contributed by atoms with Crippen molar-refractivity contribution in [2.45, 2.75) is 109 Å². The molecule has 0 aliphatic carbocycles. The SMILES string of the molecule is COc1ccc(-c2oc3c(CC=C(C)C)c(O)cc(O)c3c(=O)c2O[C@@H]2O[C@@H](C)[C@H](OC(C)=O)[C@H](O[C@@H]3O[C@@H](COC(C)=O)[C@@H](OC(C)=O)[C@@H](O)[C@@H]3O)[C@@H]2O)cc1. The van der Waals surface area contributed by atoms with Crippen LogP contribution in [0.5, 0.6) is 23.0 Å². The second-order valence-electron chi connectivity index (χ2n) is 13.8. The van der Waals surface area contributed by atoms with E-state index in [1.807, 2.05) is 13.8 Å². The molecule has 0 amide bonds. The van der Waals surface area contributed by atoms with E-state index in [4.69, 9.17) is 42.3 Å². The van der Waals surface area contributed by atoms with E-state index in [-0.39, 0.29) is 40.0 Å². The fourth-order valence-corrected chi connectivity index (χ4v) is 6.47. The summed E-state index contributed by atoms with van der Waals surface area (Å²) >= 11 is 0. The number of aliphatic hydroxyl groups excluding tert-OH is 3. The van der Waals surface area contributed by atoms with Crippen molar-refractivity contribution in [2.75, 3.05) is 13.7 Å². The van der Waals surface area contributed by atoms with Gasteiger partial charge in [-0.05, 0) is 51.5 Å². The minimum atomic E-state index is -1.96. The highest BCUT2D eigenvalue weighted by Gasteiger charge is 2.53. The summed E-state index contributed by atoms with van der Waals surface area (Å²) in [7, 11) is 1.46. The Morgan fingerprint density at radius 3 is 2.05 bits per heavy atom. The molecule has 0 spiro atoms. The number of hydrogen-bond acceptors (Lipinski definition) is 18. The van der Waals surface area contributed by atoms with Crippen molar-refractivity contribution in [3.8, 4) is 34.3 Å². The smallest absolute Gasteiger partial charge is 0.303 e. The molecule has 2 saturated heterocycles. The summed E-state index contributed by atoms with van der Waals surface area (Å²) in [6.07, 6.45) is -14.6.